The first-order valence-corrected chi connectivity index (χ1v) is 15.1. The van der Waals surface area contributed by atoms with E-state index >= 15 is 0 Å². The summed E-state index contributed by atoms with van der Waals surface area (Å²) in [6.07, 6.45) is 0.751. The van der Waals surface area contributed by atoms with Crippen LogP contribution in [-0.2, 0) is 17.8 Å². The lowest BCUT2D eigenvalue weighted by molar-refractivity contribution is -0.131. The van der Waals surface area contributed by atoms with Crippen molar-refractivity contribution in [2.24, 2.45) is 0 Å². The Balaban J connectivity index is 1.42. The molecule has 0 bridgehead atoms. The van der Waals surface area contributed by atoms with Gasteiger partial charge >= 0.3 is 0 Å². The van der Waals surface area contributed by atoms with E-state index < -0.39 is 17.8 Å². The van der Waals surface area contributed by atoms with Gasteiger partial charge in [0.25, 0.3) is 5.91 Å². The highest BCUT2D eigenvalue weighted by molar-refractivity contribution is 5.97. The Bertz CT molecular complexity index is 1710. The number of hydrogen-bond acceptors (Lipinski definition) is 8. The number of aromatic nitrogens is 1. The van der Waals surface area contributed by atoms with Crippen molar-refractivity contribution in [3.63, 3.8) is 0 Å². The van der Waals surface area contributed by atoms with Gasteiger partial charge < -0.3 is 24.5 Å². The van der Waals surface area contributed by atoms with Crippen molar-refractivity contribution < 1.29 is 9.18 Å². The molecule has 2 aromatic carbocycles. The molecule has 0 spiro atoms. The fourth-order valence-electron chi connectivity index (χ4n) is 6.92. The number of nitrogens with zero attached hydrogens (tertiary/aromatic N) is 8. The van der Waals surface area contributed by atoms with Gasteiger partial charge in [-0.25, -0.2) is 9.37 Å². The van der Waals surface area contributed by atoms with Crippen LogP contribution in [0.2, 0.25) is 0 Å². The highest BCUT2D eigenvalue weighted by atomic mass is 19.1. The highest BCUT2D eigenvalue weighted by Crippen LogP contribution is 2.41. The van der Waals surface area contributed by atoms with Crippen LogP contribution in [0, 0.1) is 29.6 Å². The first-order chi connectivity index (χ1) is 21.2. The molecule has 6 rings (SSSR count). The zero-order valence-electron chi connectivity index (χ0n) is 25.6. The molecule has 3 aromatic rings. The second-order valence-electron chi connectivity index (χ2n) is 12.2. The van der Waals surface area contributed by atoms with Crippen LogP contribution < -0.4 is 14.7 Å². The summed E-state index contributed by atoms with van der Waals surface area (Å²) in [5, 5.41) is 22.6. The summed E-state index contributed by atoms with van der Waals surface area (Å²) in [6, 6.07) is 17.3. The number of anilines is 3. The SMILES string of the molecule is C=C(F)C(=O)N1CCN(c2c(C#N)c(N3CC(N(C)C)C3)nc3c2CCN(c2cccc4cccc(C)c24)C3)C[C@@H]1CC#N. The lowest BCUT2D eigenvalue weighted by Gasteiger charge is -2.46. The number of amides is 1. The third kappa shape index (κ3) is 5.10. The number of pyridine rings is 1. The molecule has 9 nitrogen and oxygen atoms in total. The predicted octanol–water partition coefficient (Wildman–Crippen LogP) is 4.14. The minimum Gasteiger partial charge on any atom is -0.366 e. The molecule has 0 aliphatic carbocycles. The van der Waals surface area contributed by atoms with Crippen molar-refractivity contribution in [3.05, 3.63) is 71.2 Å². The second-order valence-corrected chi connectivity index (χ2v) is 12.2. The van der Waals surface area contributed by atoms with Crippen LogP contribution in [0.15, 0.2) is 48.8 Å². The first-order valence-electron chi connectivity index (χ1n) is 15.1. The number of carbonyl (C=O) groups is 1. The summed E-state index contributed by atoms with van der Waals surface area (Å²) in [5.41, 5.74) is 5.73. The standard InChI is InChI=1S/C34H37FN8O/c1-22-7-5-8-24-9-6-10-30(31(22)24)40-14-12-27-29(21-40)38-33(42-19-26(20-42)39(3)4)28(17-37)32(27)41-15-16-43(34(44)23(2)35)25(18-41)11-13-36/h5-10,25-26H,2,11-12,14-16,18-21H2,1,3-4H3/t25-/m0/s1. The fraction of sp³-hybridized carbons (Fsp3) is 0.412. The van der Waals surface area contributed by atoms with Crippen LogP contribution >= 0.6 is 0 Å². The third-order valence-corrected chi connectivity index (χ3v) is 9.36. The average Bonchev–Trinajstić information content (AvgIpc) is 2.98. The minimum absolute atomic E-state index is 0.0579. The van der Waals surface area contributed by atoms with Crippen molar-refractivity contribution >= 4 is 33.9 Å². The van der Waals surface area contributed by atoms with E-state index in [0.717, 1.165) is 36.6 Å². The number of halogens is 1. The summed E-state index contributed by atoms with van der Waals surface area (Å²) < 4.78 is 13.9. The van der Waals surface area contributed by atoms with Gasteiger partial charge in [0, 0.05) is 61.9 Å². The lowest BCUT2D eigenvalue weighted by atomic mass is 9.94. The van der Waals surface area contributed by atoms with E-state index in [-0.39, 0.29) is 13.0 Å². The van der Waals surface area contributed by atoms with Gasteiger partial charge in [-0.05, 0) is 44.5 Å². The Hall–Kier alpha value is -4.67. The van der Waals surface area contributed by atoms with Crippen LogP contribution in [0.3, 0.4) is 0 Å². The Morgan fingerprint density at radius 2 is 1.82 bits per heavy atom. The number of piperazine rings is 1. The zero-order chi connectivity index (χ0) is 31.1. The first kappa shape index (κ1) is 29.4. The molecular weight excluding hydrogens is 555 g/mol. The number of benzene rings is 2. The number of likely N-dealkylation sites (N-methyl/N-ethyl adjacent to an activating group) is 1. The molecular formula is C34H37FN8O. The number of aryl methyl sites for hydroxylation is 1. The maximum Gasteiger partial charge on any atom is 0.282 e. The smallest absolute Gasteiger partial charge is 0.282 e. The molecule has 3 aliphatic heterocycles. The minimum atomic E-state index is -1.03. The van der Waals surface area contributed by atoms with Crippen LogP contribution in [0.25, 0.3) is 10.8 Å². The molecule has 0 unspecified atom stereocenters. The van der Waals surface area contributed by atoms with Crippen LogP contribution in [0.1, 0.15) is 28.8 Å². The molecule has 0 N–H and O–H groups in total. The van der Waals surface area contributed by atoms with Crippen molar-refractivity contribution in [2.75, 3.05) is 68.1 Å². The Morgan fingerprint density at radius 3 is 2.50 bits per heavy atom. The summed E-state index contributed by atoms with van der Waals surface area (Å²) >= 11 is 0. The van der Waals surface area contributed by atoms with E-state index in [2.05, 4.69) is 95.7 Å². The number of rotatable bonds is 6. The van der Waals surface area contributed by atoms with E-state index in [4.69, 9.17) is 4.98 Å². The van der Waals surface area contributed by atoms with Gasteiger partial charge in [-0.15, -0.1) is 0 Å². The second kappa shape index (κ2) is 11.8. The van der Waals surface area contributed by atoms with Crippen molar-refractivity contribution in [1.29, 1.82) is 10.5 Å². The molecule has 3 aliphatic rings. The van der Waals surface area contributed by atoms with Crippen LogP contribution in [0.4, 0.5) is 21.6 Å². The van der Waals surface area contributed by atoms with Crippen molar-refractivity contribution in [2.45, 2.75) is 38.4 Å². The van der Waals surface area contributed by atoms with E-state index in [9.17, 15) is 19.7 Å². The summed E-state index contributed by atoms with van der Waals surface area (Å²) in [5.74, 6) is -1.12. The Labute approximate surface area is 258 Å². The summed E-state index contributed by atoms with van der Waals surface area (Å²) in [6.45, 7) is 9.21. The van der Waals surface area contributed by atoms with Gasteiger partial charge in [-0.2, -0.15) is 10.5 Å². The Kier molecular flexibility index (Phi) is 7.87. The van der Waals surface area contributed by atoms with Gasteiger partial charge in [0.15, 0.2) is 5.83 Å². The predicted molar refractivity (Wildman–Crippen MR) is 170 cm³/mol. The normalized spacial score (nSPS) is 18.6. The van der Waals surface area contributed by atoms with Gasteiger partial charge in [0.05, 0.1) is 36.5 Å². The molecule has 1 atom stereocenters. The number of carbonyl (C=O) groups excluding carboxylic acids is 1. The third-order valence-electron chi connectivity index (χ3n) is 9.36. The molecule has 2 saturated heterocycles. The highest BCUT2D eigenvalue weighted by Gasteiger charge is 2.38. The maximum absolute atomic E-state index is 13.9. The molecule has 44 heavy (non-hydrogen) atoms. The van der Waals surface area contributed by atoms with Gasteiger partial charge in [-0.3, -0.25) is 4.79 Å². The lowest BCUT2D eigenvalue weighted by Crippen LogP contribution is -2.58. The fourth-order valence-corrected chi connectivity index (χ4v) is 6.92. The molecule has 1 amide bonds. The van der Waals surface area contributed by atoms with Gasteiger partial charge in [-0.1, -0.05) is 36.9 Å². The quantitative estimate of drug-likeness (QED) is 0.395. The van der Waals surface area contributed by atoms with Crippen LogP contribution in [0.5, 0.6) is 0 Å². The molecule has 4 heterocycles. The molecule has 226 valence electrons. The summed E-state index contributed by atoms with van der Waals surface area (Å²) in [4.78, 5) is 28.1. The number of fused-ring (bicyclic) bond motifs is 2. The average molecular weight is 593 g/mol. The maximum atomic E-state index is 13.9. The van der Waals surface area contributed by atoms with Crippen molar-refractivity contribution in [3.8, 4) is 12.1 Å². The van der Waals surface area contributed by atoms with E-state index in [1.165, 1.54) is 26.9 Å². The molecule has 0 radical (unpaired) electrons. The van der Waals surface area contributed by atoms with Gasteiger partial charge in [0.1, 0.15) is 17.5 Å². The van der Waals surface area contributed by atoms with Gasteiger partial charge in [0.2, 0.25) is 0 Å². The van der Waals surface area contributed by atoms with Crippen molar-refractivity contribution in [1.82, 2.24) is 14.8 Å². The van der Waals surface area contributed by atoms with E-state index in [1.807, 2.05) is 0 Å². The van der Waals surface area contributed by atoms with Crippen LogP contribution in [-0.4, -0.2) is 86.1 Å². The molecule has 10 heteroatoms. The topological polar surface area (TPSA) is 93.7 Å². The van der Waals surface area contributed by atoms with E-state index in [0.29, 0.717) is 43.5 Å². The monoisotopic (exact) mass is 592 g/mol. The number of nitriles is 2. The molecule has 1 aromatic heterocycles. The Morgan fingerprint density at radius 1 is 1.07 bits per heavy atom. The molecule has 2 fully saturated rings. The zero-order valence-corrected chi connectivity index (χ0v) is 25.6. The van der Waals surface area contributed by atoms with E-state index in [1.54, 1.807) is 0 Å². The summed E-state index contributed by atoms with van der Waals surface area (Å²) in [7, 11) is 4.12. The molecule has 0 saturated carbocycles. The largest absolute Gasteiger partial charge is 0.366 e. The number of hydrogen-bond donors (Lipinski definition) is 0.